The minimum atomic E-state index is -0.564. The third kappa shape index (κ3) is 4.07. The van der Waals surface area contributed by atoms with Crippen LogP contribution in [0.4, 0.5) is 5.95 Å². The summed E-state index contributed by atoms with van der Waals surface area (Å²) < 4.78 is 0. The molecule has 0 bridgehead atoms. The van der Waals surface area contributed by atoms with Crippen molar-refractivity contribution in [3.63, 3.8) is 0 Å². The largest absolute Gasteiger partial charge is 0.344 e. The summed E-state index contributed by atoms with van der Waals surface area (Å²) >= 11 is 4.13. The average Bonchev–Trinajstić information content (AvgIpc) is 2.53. The summed E-state index contributed by atoms with van der Waals surface area (Å²) in [5.74, 6) is 0.658. The highest BCUT2D eigenvalue weighted by molar-refractivity contribution is 7.80. The highest BCUT2D eigenvalue weighted by Gasteiger charge is 2.27. The molecule has 1 aliphatic heterocycles. The first-order valence-electron chi connectivity index (χ1n) is 6.80. The molecule has 1 unspecified atom stereocenters. The minimum absolute atomic E-state index is 0.0890. The van der Waals surface area contributed by atoms with Crippen molar-refractivity contribution in [2.75, 3.05) is 36.8 Å². The van der Waals surface area contributed by atoms with Crippen LogP contribution in [0.15, 0.2) is 18.5 Å². The fraction of sp³-hybridized carbons (Fsp3) is 0.538. The lowest BCUT2D eigenvalue weighted by atomic mass is 10.2. The Morgan fingerprint density at radius 3 is 2.43 bits per heavy atom. The Balaban J connectivity index is 1.91. The predicted octanol–water partition coefficient (Wildman–Crippen LogP) is -0.440. The van der Waals surface area contributed by atoms with Crippen LogP contribution < -0.4 is 10.2 Å². The second-order valence-corrected chi connectivity index (χ2v) is 5.16. The van der Waals surface area contributed by atoms with Gasteiger partial charge in [-0.15, -0.1) is 0 Å². The molecule has 1 aliphatic rings. The molecule has 1 atom stereocenters. The molecule has 2 amide bonds. The molecule has 1 fully saturated rings. The first kappa shape index (κ1) is 15.6. The molecule has 0 saturated carbocycles. The zero-order chi connectivity index (χ0) is 15.2. The number of carbonyl (C=O) groups excluding carboxylic acids is 2. The van der Waals surface area contributed by atoms with Crippen LogP contribution in [0, 0.1) is 0 Å². The van der Waals surface area contributed by atoms with Gasteiger partial charge in [0.25, 0.3) is 0 Å². The minimum Gasteiger partial charge on any atom is -0.344 e. The highest BCUT2D eigenvalue weighted by atomic mass is 32.1. The first-order valence-corrected chi connectivity index (χ1v) is 7.43. The number of rotatable bonds is 4. The molecular formula is C13H19N5O2S. The van der Waals surface area contributed by atoms with Gasteiger partial charge in [-0.1, -0.05) is 0 Å². The third-order valence-electron chi connectivity index (χ3n) is 3.28. The second kappa shape index (κ2) is 7.26. The molecule has 114 valence electrons. The van der Waals surface area contributed by atoms with Crippen LogP contribution >= 0.6 is 12.6 Å². The molecule has 2 heterocycles. The number of thiol groups is 1. The van der Waals surface area contributed by atoms with E-state index in [0.717, 1.165) is 0 Å². The molecule has 1 aromatic rings. The van der Waals surface area contributed by atoms with Gasteiger partial charge in [0.1, 0.15) is 6.04 Å². The van der Waals surface area contributed by atoms with Gasteiger partial charge in [0.2, 0.25) is 17.8 Å². The second-order valence-electron chi connectivity index (χ2n) is 4.80. The van der Waals surface area contributed by atoms with E-state index in [1.165, 1.54) is 6.92 Å². The number of piperazine rings is 1. The molecule has 0 spiro atoms. The first-order chi connectivity index (χ1) is 10.1. The van der Waals surface area contributed by atoms with E-state index in [9.17, 15) is 9.59 Å². The van der Waals surface area contributed by atoms with Crippen molar-refractivity contribution >= 4 is 30.4 Å². The fourth-order valence-corrected chi connectivity index (χ4v) is 2.48. The highest BCUT2D eigenvalue weighted by Crippen LogP contribution is 2.10. The summed E-state index contributed by atoms with van der Waals surface area (Å²) in [5, 5.41) is 2.62. The smallest absolute Gasteiger partial charge is 0.246 e. The molecule has 0 radical (unpaired) electrons. The summed E-state index contributed by atoms with van der Waals surface area (Å²) in [6.07, 6.45) is 3.40. The number of hydrogen-bond donors (Lipinski definition) is 2. The Labute approximate surface area is 129 Å². The Hall–Kier alpha value is -1.83. The van der Waals surface area contributed by atoms with Crippen LogP contribution in [0.2, 0.25) is 0 Å². The van der Waals surface area contributed by atoms with Crippen molar-refractivity contribution in [1.82, 2.24) is 20.2 Å². The molecule has 8 heteroatoms. The molecule has 1 saturated heterocycles. The van der Waals surface area contributed by atoms with E-state index in [-0.39, 0.29) is 11.8 Å². The molecule has 0 aromatic carbocycles. The lowest BCUT2D eigenvalue weighted by Gasteiger charge is -2.36. The van der Waals surface area contributed by atoms with Crippen molar-refractivity contribution in [2.45, 2.75) is 13.0 Å². The predicted molar refractivity (Wildman–Crippen MR) is 82.3 cm³/mol. The number of carbonyl (C=O) groups is 2. The van der Waals surface area contributed by atoms with Crippen LogP contribution in [-0.2, 0) is 9.59 Å². The van der Waals surface area contributed by atoms with Crippen LogP contribution in [-0.4, -0.2) is 64.7 Å². The maximum Gasteiger partial charge on any atom is 0.246 e. The number of nitrogens with one attached hydrogen (secondary N) is 1. The van der Waals surface area contributed by atoms with Gasteiger partial charge >= 0.3 is 0 Å². The molecule has 21 heavy (non-hydrogen) atoms. The summed E-state index contributed by atoms with van der Waals surface area (Å²) in [6, 6.07) is 1.21. The van der Waals surface area contributed by atoms with E-state index in [1.54, 1.807) is 23.4 Å². The standard InChI is InChI=1S/C13H19N5O2S/c1-10(19)16-11(9-21)12(20)17-5-7-18(8-6-17)13-14-3-2-4-15-13/h2-4,11,21H,5-9H2,1H3,(H,16,19). The van der Waals surface area contributed by atoms with Crippen molar-refractivity contribution in [3.05, 3.63) is 18.5 Å². The van der Waals surface area contributed by atoms with Gasteiger partial charge in [-0.25, -0.2) is 9.97 Å². The van der Waals surface area contributed by atoms with Crippen LogP contribution in [0.25, 0.3) is 0 Å². The SMILES string of the molecule is CC(=O)NC(CS)C(=O)N1CCN(c2ncccn2)CC1. The van der Waals surface area contributed by atoms with E-state index in [1.807, 2.05) is 4.90 Å². The lowest BCUT2D eigenvalue weighted by Crippen LogP contribution is -2.55. The van der Waals surface area contributed by atoms with Crippen LogP contribution in [0.5, 0.6) is 0 Å². The van der Waals surface area contributed by atoms with Crippen molar-refractivity contribution in [3.8, 4) is 0 Å². The maximum absolute atomic E-state index is 12.3. The monoisotopic (exact) mass is 309 g/mol. The van der Waals surface area contributed by atoms with Gasteiger partial charge in [-0.05, 0) is 6.07 Å². The molecule has 7 nitrogen and oxygen atoms in total. The fourth-order valence-electron chi connectivity index (χ4n) is 2.23. The molecule has 1 aromatic heterocycles. The Kier molecular flexibility index (Phi) is 5.38. The molecule has 2 rings (SSSR count). The lowest BCUT2D eigenvalue weighted by molar-refractivity contribution is -0.135. The summed E-state index contributed by atoms with van der Waals surface area (Å²) in [7, 11) is 0. The van der Waals surface area contributed by atoms with Gasteiger partial charge in [0.15, 0.2) is 0 Å². The number of anilines is 1. The zero-order valence-electron chi connectivity index (χ0n) is 11.9. The normalized spacial score (nSPS) is 16.5. The topological polar surface area (TPSA) is 78.4 Å². The Bertz CT molecular complexity index is 491. The zero-order valence-corrected chi connectivity index (χ0v) is 12.8. The van der Waals surface area contributed by atoms with E-state index in [2.05, 4.69) is 27.9 Å². The van der Waals surface area contributed by atoms with Gasteiger partial charge < -0.3 is 15.1 Å². The summed E-state index contributed by atoms with van der Waals surface area (Å²) in [6.45, 7) is 3.92. The quantitative estimate of drug-likeness (QED) is 0.737. The van der Waals surface area contributed by atoms with Crippen LogP contribution in [0.3, 0.4) is 0 Å². The van der Waals surface area contributed by atoms with Gasteiger partial charge in [-0.3, -0.25) is 9.59 Å². The van der Waals surface area contributed by atoms with E-state index in [4.69, 9.17) is 0 Å². The summed E-state index contributed by atoms with van der Waals surface area (Å²) in [5.41, 5.74) is 0. The number of aromatic nitrogens is 2. The molecule has 0 aliphatic carbocycles. The van der Waals surface area contributed by atoms with Gasteiger partial charge in [0.05, 0.1) is 0 Å². The van der Waals surface area contributed by atoms with Gasteiger partial charge in [0, 0.05) is 51.2 Å². The number of nitrogens with zero attached hydrogens (tertiary/aromatic N) is 4. The maximum atomic E-state index is 12.3. The van der Waals surface area contributed by atoms with Crippen LogP contribution in [0.1, 0.15) is 6.92 Å². The van der Waals surface area contributed by atoms with E-state index < -0.39 is 6.04 Å². The van der Waals surface area contributed by atoms with Crippen molar-refractivity contribution in [2.24, 2.45) is 0 Å². The van der Waals surface area contributed by atoms with E-state index in [0.29, 0.717) is 37.9 Å². The summed E-state index contributed by atoms with van der Waals surface area (Å²) in [4.78, 5) is 35.6. The molecular weight excluding hydrogens is 290 g/mol. The third-order valence-corrected chi connectivity index (χ3v) is 3.65. The number of amides is 2. The van der Waals surface area contributed by atoms with Crippen molar-refractivity contribution < 1.29 is 9.59 Å². The van der Waals surface area contributed by atoms with Gasteiger partial charge in [-0.2, -0.15) is 12.6 Å². The van der Waals surface area contributed by atoms with E-state index >= 15 is 0 Å². The average molecular weight is 309 g/mol. The molecule has 1 N–H and O–H groups in total. The Morgan fingerprint density at radius 2 is 1.90 bits per heavy atom. The van der Waals surface area contributed by atoms with Crippen molar-refractivity contribution in [1.29, 1.82) is 0 Å². The number of hydrogen-bond acceptors (Lipinski definition) is 6. The Morgan fingerprint density at radius 1 is 1.29 bits per heavy atom.